The lowest BCUT2D eigenvalue weighted by Crippen LogP contribution is -2.40. The van der Waals surface area contributed by atoms with Crippen LogP contribution in [0.2, 0.25) is 5.02 Å². The summed E-state index contributed by atoms with van der Waals surface area (Å²) >= 11 is 6.63. The standard InChI is InChI=1S/C31H39ClN6O3/c1-31(2,3)13-16-37-14-11-23(12-15-37)41-30(40)33-18-21-9-10-24(25(32)17-21)29(39)38-20-22-19-34-36(4)28(22)35-26-7-5-6-8-27(26)38/h5-10,17,19,23,35H,11-16,18,20H2,1-4H3,(H,33,40). The summed E-state index contributed by atoms with van der Waals surface area (Å²) in [7, 11) is 1.86. The van der Waals surface area contributed by atoms with E-state index in [1.165, 1.54) is 0 Å². The number of ether oxygens (including phenoxy) is 1. The summed E-state index contributed by atoms with van der Waals surface area (Å²) in [5.41, 5.74) is 3.98. The maximum Gasteiger partial charge on any atom is 0.407 e. The Kier molecular flexibility index (Phi) is 8.56. The second-order valence-corrected chi connectivity index (χ2v) is 12.5. The molecule has 3 heterocycles. The molecule has 3 aromatic rings. The molecule has 2 aliphatic rings. The molecule has 2 aliphatic heterocycles. The maximum absolute atomic E-state index is 13.8. The lowest BCUT2D eigenvalue weighted by Gasteiger charge is -2.33. The molecule has 0 radical (unpaired) electrons. The Balaban J connectivity index is 1.17. The first-order chi connectivity index (χ1) is 19.6. The Morgan fingerprint density at radius 2 is 1.90 bits per heavy atom. The number of piperidine rings is 1. The number of hydrogen-bond donors (Lipinski definition) is 2. The lowest BCUT2D eigenvalue weighted by molar-refractivity contribution is 0.0479. The molecule has 0 spiro atoms. The Morgan fingerprint density at radius 1 is 1.15 bits per heavy atom. The van der Waals surface area contributed by atoms with Crippen LogP contribution in [0, 0.1) is 5.41 Å². The number of benzene rings is 2. The number of carbonyl (C=O) groups excluding carboxylic acids is 2. The minimum atomic E-state index is -0.435. The third-order valence-corrected chi connectivity index (χ3v) is 8.04. The monoisotopic (exact) mass is 578 g/mol. The summed E-state index contributed by atoms with van der Waals surface area (Å²) in [6, 6.07) is 12.9. The molecule has 0 aliphatic carbocycles. The molecule has 10 heteroatoms. The number of amides is 2. The van der Waals surface area contributed by atoms with Crippen LogP contribution in [-0.4, -0.2) is 52.4 Å². The molecule has 1 aromatic heterocycles. The molecular weight excluding hydrogens is 540 g/mol. The van der Waals surface area contributed by atoms with E-state index in [2.05, 4.69) is 41.4 Å². The Bertz CT molecular complexity index is 1410. The molecule has 1 saturated heterocycles. The molecule has 218 valence electrons. The number of carbonyl (C=O) groups is 2. The van der Waals surface area contributed by atoms with E-state index in [-0.39, 0.29) is 18.6 Å². The van der Waals surface area contributed by atoms with Crippen molar-refractivity contribution in [3.63, 3.8) is 0 Å². The van der Waals surface area contributed by atoms with Gasteiger partial charge in [-0.25, -0.2) is 4.79 Å². The van der Waals surface area contributed by atoms with Crippen LogP contribution in [0.1, 0.15) is 61.5 Å². The number of halogens is 1. The van der Waals surface area contributed by atoms with Gasteiger partial charge in [-0.1, -0.05) is 50.6 Å². The zero-order chi connectivity index (χ0) is 29.1. The number of likely N-dealkylation sites (tertiary alicyclic amines) is 1. The average Bonchev–Trinajstić information content (AvgIpc) is 3.18. The quantitative estimate of drug-likeness (QED) is 0.367. The van der Waals surface area contributed by atoms with Gasteiger partial charge < -0.3 is 25.2 Å². The van der Waals surface area contributed by atoms with Crippen molar-refractivity contribution in [1.29, 1.82) is 0 Å². The lowest BCUT2D eigenvalue weighted by atomic mass is 9.91. The second kappa shape index (κ2) is 12.1. The number of alkyl carbamates (subject to hydrolysis) is 1. The van der Waals surface area contributed by atoms with Crippen molar-refractivity contribution >= 4 is 40.8 Å². The van der Waals surface area contributed by atoms with Crippen LogP contribution in [-0.2, 0) is 24.9 Å². The average molecular weight is 579 g/mol. The summed E-state index contributed by atoms with van der Waals surface area (Å²) in [6.07, 6.45) is 4.10. The van der Waals surface area contributed by atoms with Gasteiger partial charge in [0.05, 0.1) is 34.7 Å². The van der Waals surface area contributed by atoms with Gasteiger partial charge in [-0.15, -0.1) is 0 Å². The SMILES string of the molecule is Cn1ncc2c1Nc1ccccc1N(C(=O)c1ccc(CNC(=O)OC3CCN(CCC(C)(C)C)CC3)cc1Cl)C2. The zero-order valence-corrected chi connectivity index (χ0v) is 25.0. The predicted molar refractivity (Wildman–Crippen MR) is 162 cm³/mol. The fourth-order valence-electron chi connectivity index (χ4n) is 5.24. The van der Waals surface area contributed by atoms with E-state index < -0.39 is 6.09 Å². The maximum atomic E-state index is 13.8. The molecule has 0 bridgehead atoms. The van der Waals surface area contributed by atoms with Crippen molar-refractivity contribution in [2.24, 2.45) is 12.5 Å². The first kappa shape index (κ1) is 29.0. The highest BCUT2D eigenvalue weighted by molar-refractivity contribution is 6.34. The molecule has 2 amide bonds. The van der Waals surface area contributed by atoms with Gasteiger partial charge in [0.2, 0.25) is 0 Å². The van der Waals surface area contributed by atoms with Gasteiger partial charge in [0.15, 0.2) is 0 Å². The summed E-state index contributed by atoms with van der Waals surface area (Å²) in [4.78, 5) is 30.4. The van der Waals surface area contributed by atoms with Crippen molar-refractivity contribution in [3.05, 3.63) is 70.4 Å². The predicted octanol–water partition coefficient (Wildman–Crippen LogP) is 6.10. The summed E-state index contributed by atoms with van der Waals surface area (Å²) in [5, 5.41) is 10.9. The topological polar surface area (TPSA) is 91.7 Å². The number of nitrogens with zero attached hydrogens (tertiary/aromatic N) is 4. The molecule has 0 atom stereocenters. The van der Waals surface area contributed by atoms with Crippen LogP contribution in [0.25, 0.3) is 0 Å². The molecule has 41 heavy (non-hydrogen) atoms. The number of hydrogen-bond acceptors (Lipinski definition) is 6. The zero-order valence-electron chi connectivity index (χ0n) is 24.2. The van der Waals surface area contributed by atoms with Gasteiger partial charge in [0.1, 0.15) is 11.9 Å². The van der Waals surface area contributed by atoms with Crippen LogP contribution in [0.3, 0.4) is 0 Å². The number of aromatic nitrogens is 2. The highest BCUT2D eigenvalue weighted by atomic mass is 35.5. The van der Waals surface area contributed by atoms with Crippen LogP contribution >= 0.6 is 11.6 Å². The number of anilines is 3. The van der Waals surface area contributed by atoms with Gasteiger partial charge in [-0.3, -0.25) is 9.48 Å². The number of para-hydroxylation sites is 2. The highest BCUT2D eigenvalue weighted by Gasteiger charge is 2.28. The van der Waals surface area contributed by atoms with Crippen LogP contribution in [0.5, 0.6) is 0 Å². The smallest absolute Gasteiger partial charge is 0.407 e. The van der Waals surface area contributed by atoms with E-state index in [1.807, 2.05) is 37.4 Å². The Hall–Kier alpha value is -3.56. The molecule has 2 N–H and O–H groups in total. The van der Waals surface area contributed by atoms with Crippen molar-refractivity contribution in [2.75, 3.05) is 29.9 Å². The fraction of sp³-hybridized carbons (Fsp3) is 0.452. The largest absolute Gasteiger partial charge is 0.446 e. The van der Waals surface area contributed by atoms with Crippen LogP contribution < -0.4 is 15.5 Å². The molecule has 1 fully saturated rings. The van der Waals surface area contributed by atoms with Gasteiger partial charge in [0, 0.05) is 32.2 Å². The molecule has 2 aromatic carbocycles. The van der Waals surface area contributed by atoms with E-state index in [4.69, 9.17) is 16.3 Å². The minimum absolute atomic E-state index is 0.0733. The van der Waals surface area contributed by atoms with Crippen molar-refractivity contribution < 1.29 is 14.3 Å². The molecular formula is C31H39ClN6O3. The van der Waals surface area contributed by atoms with Gasteiger partial charge in [-0.05, 0) is 61.1 Å². The summed E-state index contributed by atoms with van der Waals surface area (Å²) < 4.78 is 7.43. The number of nitrogens with one attached hydrogen (secondary N) is 2. The van der Waals surface area contributed by atoms with Crippen molar-refractivity contribution in [1.82, 2.24) is 20.0 Å². The highest BCUT2D eigenvalue weighted by Crippen LogP contribution is 2.36. The first-order valence-corrected chi connectivity index (χ1v) is 14.6. The Labute approximate surface area is 246 Å². The second-order valence-electron chi connectivity index (χ2n) is 12.1. The number of aryl methyl sites for hydroxylation is 1. The van der Waals surface area contributed by atoms with E-state index in [0.29, 0.717) is 22.5 Å². The van der Waals surface area contributed by atoms with E-state index in [1.54, 1.807) is 27.9 Å². The van der Waals surface area contributed by atoms with Crippen LogP contribution in [0.15, 0.2) is 48.7 Å². The third-order valence-electron chi connectivity index (χ3n) is 7.72. The van der Waals surface area contributed by atoms with E-state index >= 15 is 0 Å². The van der Waals surface area contributed by atoms with Gasteiger partial charge >= 0.3 is 6.09 Å². The minimum Gasteiger partial charge on any atom is -0.446 e. The fourth-order valence-corrected chi connectivity index (χ4v) is 5.52. The van der Waals surface area contributed by atoms with Gasteiger partial charge in [0.25, 0.3) is 5.91 Å². The molecule has 9 nitrogen and oxygen atoms in total. The van der Waals surface area contributed by atoms with Crippen molar-refractivity contribution in [2.45, 2.75) is 59.2 Å². The van der Waals surface area contributed by atoms with Gasteiger partial charge in [-0.2, -0.15) is 5.10 Å². The number of fused-ring (bicyclic) bond motifs is 2. The van der Waals surface area contributed by atoms with E-state index in [0.717, 1.165) is 67.2 Å². The summed E-state index contributed by atoms with van der Waals surface area (Å²) in [5.74, 6) is 0.631. The first-order valence-electron chi connectivity index (χ1n) is 14.2. The van der Waals surface area contributed by atoms with E-state index in [9.17, 15) is 9.59 Å². The molecule has 0 saturated carbocycles. The van der Waals surface area contributed by atoms with Crippen molar-refractivity contribution in [3.8, 4) is 0 Å². The van der Waals surface area contributed by atoms with Crippen LogP contribution in [0.4, 0.5) is 22.0 Å². The third kappa shape index (κ3) is 7.02. The summed E-state index contributed by atoms with van der Waals surface area (Å²) in [6.45, 7) is 10.4. The molecule has 0 unspecified atom stereocenters. The molecule has 5 rings (SSSR count). The number of rotatable bonds is 6. The normalized spacial score (nSPS) is 15.9. The Morgan fingerprint density at radius 3 is 2.63 bits per heavy atom.